The summed E-state index contributed by atoms with van der Waals surface area (Å²) < 4.78 is 5.80. The zero-order valence-electron chi connectivity index (χ0n) is 7.57. The second-order valence-electron chi connectivity index (χ2n) is 2.76. The van der Waals surface area contributed by atoms with Crippen molar-refractivity contribution in [1.82, 2.24) is 5.48 Å². The highest BCUT2D eigenvalue weighted by Crippen LogP contribution is 2.18. The van der Waals surface area contributed by atoms with Crippen LogP contribution in [0.15, 0.2) is 27.4 Å². The van der Waals surface area contributed by atoms with Crippen LogP contribution in [0.3, 0.4) is 0 Å². The van der Waals surface area contributed by atoms with Crippen LogP contribution < -0.4 is 10.4 Å². The lowest BCUT2D eigenvalue weighted by atomic mass is 10.2. The van der Waals surface area contributed by atoms with Gasteiger partial charge >= 0.3 is 4.94 Å². The maximum atomic E-state index is 10.9. The lowest BCUT2D eigenvalue weighted by Crippen LogP contribution is -2.10. The van der Waals surface area contributed by atoms with Gasteiger partial charge in [0.1, 0.15) is 5.58 Å². The molecule has 0 bridgehead atoms. The highest BCUT2D eigenvalue weighted by atomic mass is 32.1. The molecule has 1 heterocycles. The Morgan fingerprint density at radius 3 is 3.21 bits per heavy atom. The highest BCUT2D eigenvalue weighted by Gasteiger charge is 2.02. The van der Waals surface area contributed by atoms with E-state index in [-0.39, 0.29) is 4.94 Å². The molecule has 0 saturated carbocycles. The van der Waals surface area contributed by atoms with E-state index in [1.165, 1.54) is 0 Å². The fourth-order valence-electron chi connectivity index (χ4n) is 1.18. The first-order valence-electron chi connectivity index (χ1n) is 4.08. The third kappa shape index (κ3) is 1.84. The van der Waals surface area contributed by atoms with Crippen molar-refractivity contribution in [1.29, 1.82) is 0 Å². The van der Waals surface area contributed by atoms with E-state index >= 15 is 0 Å². The average Bonchev–Trinajstić information content (AvgIpc) is 2.54. The molecule has 0 radical (unpaired) electrons. The van der Waals surface area contributed by atoms with Crippen molar-refractivity contribution in [3.8, 4) is 0 Å². The normalized spacial score (nSPS) is 10.9. The van der Waals surface area contributed by atoms with Crippen LogP contribution in [0, 0.1) is 0 Å². The van der Waals surface area contributed by atoms with Crippen LogP contribution in [0.1, 0.15) is 5.56 Å². The minimum Gasteiger partial charge on any atom is -0.414 e. The van der Waals surface area contributed by atoms with E-state index in [1.807, 2.05) is 12.1 Å². The van der Waals surface area contributed by atoms with Crippen molar-refractivity contribution in [3.05, 3.63) is 33.5 Å². The molecule has 74 valence electrons. The van der Waals surface area contributed by atoms with Gasteiger partial charge in [0.2, 0.25) is 0 Å². The van der Waals surface area contributed by atoms with Crippen molar-refractivity contribution in [2.75, 3.05) is 7.11 Å². The van der Waals surface area contributed by atoms with Gasteiger partial charge in [0.15, 0.2) is 0 Å². The second-order valence-corrected chi connectivity index (χ2v) is 3.74. The Morgan fingerprint density at radius 1 is 1.57 bits per heavy atom. The molecule has 0 atom stereocenters. The molecule has 0 saturated heterocycles. The molecule has 2 aromatic rings. The number of benzene rings is 1. The quantitative estimate of drug-likeness (QED) is 0.782. The van der Waals surface area contributed by atoms with Crippen LogP contribution in [-0.2, 0) is 11.4 Å². The summed E-state index contributed by atoms with van der Waals surface area (Å²) in [5.41, 5.74) is 4.42. The highest BCUT2D eigenvalue weighted by molar-refractivity contribution is 7.16. The Bertz CT molecular complexity index is 488. The minimum atomic E-state index is -0.267. The lowest BCUT2D eigenvalue weighted by Gasteiger charge is -2.00. The zero-order valence-corrected chi connectivity index (χ0v) is 8.39. The molecule has 0 aliphatic rings. The number of fused-ring (bicyclic) bond motifs is 1. The molecule has 0 amide bonds. The summed E-state index contributed by atoms with van der Waals surface area (Å²) in [6.07, 6.45) is 0. The molecule has 0 aliphatic heterocycles. The summed E-state index contributed by atoms with van der Waals surface area (Å²) in [5, 5.41) is 0. The van der Waals surface area contributed by atoms with E-state index in [1.54, 1.807) is 13.2 Å². The summed E-state index contributed by atoms with van der Waals surface area (Å²) in [4.78, 5) is 15.4. The molecule has 5 heteroatoms. The van der Waals surface area contributed by atoms with Crippen LogP contribution in [0.4, 0.5) is 0 Å². The second kappa shape index (κ2) is 3.91. The van der Waals surface area contributed by atoms with E-state index < -0.39 is 0 Å². The maximum absolute atomic E-state index is 10.9. The van der Waals surface area contributed by atoms with Gasteiger partial charge in [-0.1, -0.05) is 17.4 Å². The predicted molar refractivity (Wildman–Crippen MR) is 54.2 cm³/mol. The molecule has 0 spiro atoms. The molecule has 1 aromatic carbocycles. The van der Waals surface area contributed by atoms with Gasteiger partial charge in [-0.2, -0.15) is 5.48 Å². The fraction of sp³-hybridized carbons (Fsp3) is 0.222. The molecular formula is C9H9NO3S. The van der Waals surface area contributed by atoms with Crippen molar-refractivity contribution < 1.29 is 9.25 Å². The molecular weight excluding hydrogens is 202 g/mol. The molecule has 1 aromatic heterocycles. The number of hydrogen-bond acceptors (Lipinski definition) is 5. The Labute approximate surface area is 84.1 Å². The van der Waals surface area contributed by atoms with Crippen LogP contribution in [0.25, 0.3) is 10.3 Å². The monoisotopic (exact) mass is 211 g/mol. The van der Waals surface area contributed by atoms with Gasteiger partial charge in [0.25, 0.3) is 0 Å². The summed E-state index contributed by atoms with van der Waals surface area (Å²) in [7, 11) is 1.56. The third-order valence-electron chi connectivity index (χ3n) is 1.82. The first-order valence-corrected chi connectivity index (χ1v) is 4.89. The van der Waals surface area contributed by atoms with Crippen LogP contribution >= 0.6 is 11.3 Å². The number of nitrogens with one attached hydrogen (secondary N) is 1. The van der Waals surface area contributed by atoms with Gasteiger partial charge < -0.3 is 9.25 Å². The fourth-order valence-corrected chi connectivity index (χ4v) is 1.91. The van der Waals surface area contributed by atoms with Crippen molar-refractivity contribution in [2.24, 2.45) is 0 Å². The average molecular weight is 211 g/mol. The van der Waals surface area contributed by atoms with Crippen LogP contribution in [0.5, 0.6) is 0 Å². The van der Waals surface area contributed by atoms with Crippen LogP contribution in [-0.4, -0.2) is 7.11 Å². The molecule has 2 rings (SSSR count). The summed E-state index contributed by atoms with van der Waals surface area (Å²) in [5.74, 6) is 0. The lowest BCUT2D eigenvalue weighted by molar-refractivity contribution is 0.0867. The Hall–Kier alpha value is -1.17. The van der Waals surface area contributed by atoms with Gasteiger partial charge in [-0.05, 0) is 17.7 Å². The Kier molecular flexibility index (Phi) is 2.62. The van der Waals surface area contributed by atoms with E-state index in [0.717, 1.165) is 21.6 Å². The smallest absolute Gasteiger partial charge is 0.396 e. The Morgan fingerprint density at radius 2 is 2.43 bits per heavy atom. The van der Waals surface area contributed by atoms with E-state index in [9.17, 15) is 4.79 Å². The molecule has 0 fully saturated rings. The number of hydroxylamine groups is 1. The zero-order chi connectivity index (χ0) is 9.97. The van der Waals surface area contributed by atoms with Gasteiger partial charge in [-0.15, -0.1) is 0 Å². The maximum Gasteiger partial charge on any atom is 0.396 e. The summed E-state index contributed by atoms with van der Waals surface area (Å²) in [6, 6.07) is 5.60. The van der Waals surface area contributed by atoms with Gasteiger partial charge in [0, 0.05) is 6.54 Å². The van der Waals surface area contributed by atoms with E-state index in [0.29, 0.717) is 12.1 Å². The van der Waals surface area contributed by atoms with Crippen molar-refractivity contribution >= 4 is 21.6 Å². The number of rotatable bonds is 3. The minimum absolute atomic E-state index is 0.267. The summed E-state index contributed by atoms with van der Waals surface area (Å²) in [6.45, 7) is 0.610. The van der Waals surface area contributed by atoms with Crippen LogP contribution in [0.2, 0.25) is 0 Å². The van der Waals surface area contributed by atoms with Gasteiger partial charge in [-0.25, -0.2) is 4.79 Å². The van der Waals surface area contributed by atoms with E-state index in [4.69, 9.17) is 9.25 Å². The SMILES string of the molecule is CONCc1ccc2oc(=O)sc2c1. The van der Waals surface area contributed by atoms with Gasteiger partial charge in [-0.3, -0.25) is 0 Å². The molecule has 4 nitrogen and oxygen atoms in total. The first kappa shape index (κ1) is 9.39. The topological polar surface area (TPSA) is 51.5 Å². The first-order chi connectivity index (χ1) is 6.79. The standard InChI is InChI=1S/C9H9NO3S/c1-12-10-5-6-2-3-7-8(4-6)14-9(11)13-7/h2-4,10H,5H2,1H3. The molecule has 14 heavy (non-hydrogen) atoms. The number of hydrogen-bond donors (Lipinski definition) is 1. The Balaban J connectivity index is 2.35. The summed E-state index contributed by atoms with van der Waals surface area (Å²) >= 11 is 1.11. The largest absolute Gasteiger partial charge is 0.414 e. The molecule has 0 aliphatic carbocycles. The van der Waals surface area contributed by atoms with Crippen molar-refractivity contribution in [2.45, 2.75) is 6.54 Å². The molecule has 1 N–H and O–H groups in total. The third-order valence-corrected chi connectivity index (χ3v) is 2.60. The predicted octanol–water partition coefficient (Wildman–Crippen LogP) is 1.51. The molecule has 0 unspecified atom stereocenters. The van der Waals surface area contributed by atoms with Crippen molar-refractivity contribution in [3.63, 3.8) is 0 Å². The van der Waals surface area contributed by atoms with E-state index in [2.05, 4.69) is 5.48 Å². The van der Waals surface area contributed by atoms with Gasteiger partial charge in [0.05, 0.1) is 11.8 Å².